The Morgan fingerprint density at radius 2 is 1.95 bits per heavy atom. The Morgan fingerprint density at radius 3 is 2.43 bits per heavy atom. The summed E-state index contributed by atoms with van der Waals surface area (Å²) in [4.78, 5) is 16.1. The number of carboxylic acid groups (broad SMARTS) is 1. The molecule has 0 fully saturated rings. The van der Waals surface area contributed by atoms with E-state index in [1.165, 1.54) is 11.3 Å². The predicted octanol–water partition coefficient (Wildman–Crippen LogP) is 4.50. The van der Waals surface area contributed by atoms with Gasteiger partial charge in [-0.05, 0) is 17.7 Å². The van der Waals surface area contributed by atoms with Crippen LogP contribution in [-0.4, -0.2) is 16.1 Å². The lowest BCUT2D eigenvalue weighted by Crippen LogP contribution is -2.15. The van der Waals surface area contributed by atoms with Crippen molar-refractivity contribution in [2.24, 2.45) is 0 Å². The van der Waals surface area contributed by atoms with Crippen LogP contribution >= 0.6 is 22.9 Å². The Kier molecular flexibility index (Phi) is 4.69. The lowest BCUT2D eigenvalue weighted by atomic mass is 9.93. The van der Waals surface area contributed by atoms with E-state index in [1.807, 2.05) is 5.38 Å². The van der Waals surface area contributed by atoms with Gasteiger partial charge in [-0.2, -0.15) is 0 Å². The summed E-state index contributed by atoms with van der Waals surface area (Å²) in [7, 11) is 0. The third-order valence-electron chi connectivity index (χ3n) is 3.27. The molecule has 0 saturated carbocycles. The first-order valence-electron chi connectivity index (χ1n) is 6.70. The highest BCUT2D eigenvalue weighted by atomic mass is 35.5. The van der Waals surface area contributed by atoms with Gasteiger partial charge in [-0.1, -0.05) is 44.5 Å². The molecule has 1 heterocycles. The van der Waals surface area contributed by atoms with Gasteiger partial charge in [-0.25, -0.2) is 4.98 Å². The molecule has 0 saturated heterocycles. The molecular weight excluding hydrogens is 306 g/mol. The van der Waals surface area contributed by atoms with Gasteiger partial charge < -0.3 is 5.11 Å². The molecule has 1 aromatic heterocycles. The normalized spacial score (nSPS) is 13.1. The molecule has 5 heteroatoms. The minimum absolute atomic E-state index is 0.0201. The minimum atomic E-state index is -0.843. The molecule has 2 aromatic rings. The summed E-state index contributed by atoms with van der Waals surface area (Å²) < 4.78 is 0. The fraction of sp³-hybridized carbons (Fsp3) is 0.375. The van der Waals surface area contributed by atoms with Crippen LogP contribution in [0.1, 0.15) is 43.0 Å². The van der Waals surface area contributed by atoms with Crippen molar-refractivity contribution in [2.75, 3.05) is 0 Å². The van der Waals surface area contributed by atoms with Gasteiger partial charge in [0.2, 0.25) is 0 Å². The van der Waals surface area contributed by atoms with Gasteiger partial charge in [0.05, 0.1) is 16.6 Å². The molecule has 0 aliphatic heterocycles. The molecule has 0 bridgehead atoms. The van der Waals surface area contributed by atoms with Gasteiger partial charge in [-0.3, -0.25) is 4.79 Å². The van der Waals surface area contributed by atoms with E-state index in [0.717, 1.165) is 16.3 Å². The van der Waals surface area contributed by atoms with Crippen molar-refractivity contribution >= 4 is 28.9 Å². The molecule has 0 amide bonds. The Bertz CT molecular complexity index is 628. The lowest BCUT2D eigenvalue weighted by molar-refractivity contribution is -0.138. The molecule has 0 radical (unpaired) electrons. The molecule has 112 valence electrons. The zero-order chi connectivity index (χ0) is 15.6. The van der Waals surface area contributed by atoms with Crippen LogP contribution in [0.5, 0.6) is 0 Å². The van der Waals surface area contributed by atoms with Crippen LogP contribution in [0.3, 0.4) is 0 Å². The summed E-state index contributed by atoms with van der Waals surface area (Å²) in [5.74, 6) is -1.44. The van der Waals surface area contributed by atoms with Gasteiger partial charge in [0, 0.05) is 22.2 Å². The predicted molar refractivity (Wildman–Crippen MR) is 86.3 cm³/mol. The summed E-state index contributed by atoms with van der Waals surface area (Å²) in [5, 5.41) is 12.9. The average Bonchev–Trinajstić information content (AvgIpc) is 2.85. The Balaban J connectivity index is 2.23. The van der Waals surface area contributed by atoms with E-state index < -0.39 is 11.9 Å². The SMILES string of the molecule is CC(C)(C)c1csc(CC(C(=O)O)c2ccc(Cl)cc2)n1. The summed E-state index contributed by atoms with van der Waals surface area (Å²) in [6.07, 6.45) is 0.401. The maximum absolute atomic E-state index is 11.5. The van der Waals surface area contributed by atoms with Crippen LogP contribution in [0.2, 0.25) is 5.02 Å². The number of aliphatic carboxylic acids is 1. The lowest BCUT2D eigenvalue weighted by Gasteiger charge is -2.14. The molecular formula is C16H18ClNO2S. The molecule has 1 aromatic carbocycles. The summed E-state index contributed by atoms with van der Waals surface area (Å²) in [6, 6.07) is 6.96. The Labute approximate surface area is 133 Å². The molecule has 0 aliphatic carbocycles. The summed E-state index contributed by atoms with van der Waals surface area (Å²) >= 11 is 7.37. The van der Waals surface area contributed by atoms with E-state index in [2.05, 4.69) is 25.8 Å². The van der Waals surface area contributed by atoms with Crippen molar-refractivity contribution in [3.05, 3.63) is 50.9 Å². The Morgan fingerprint density at radius 1 is 1.33 bits per heavy atom. The number of halogens is 1. The summed E-state index contributed by atoms with van der Waals surface area (Å²) in [6.45, 7) is 6.29. The van der Waals surface area contributed by atoms with E-state index in [4.69, 9.17) is 11.6 Å². The number of nitrogens with zero attached hydrogens (tertiary/aromatic N) is 1. The highest BCUT2D eigenvalue weighted by Gasteiger charge is 2.23. The quantitative estimate of drug-likeness (QED) is 0.901. The second-order valence-corrected chi connectivity index (χ2v) is 7.40. The molecule has 21 heavy (non-hydrogen) atoms. The van der Waals surface area contributed by atoms with Gasteiger partial charge in [-0.15, -0.1) is 11.3 Å². The summed E-state index contributed by atoms with van der Waals surface area (Å²) in [5.41, 5.74) is 1.73. The first-order chi connectivity index (χ1) is 9.77. The van der Waals surface area contributed by atoms with Crippen LogP contribution < -0.4 is 0 Å². The van der Waals surface area contributed by atoms with E-state index in [1.54, 1.807) is 24.3 Å². The fourth-order valence-electron chi connectivity index (χ4n) is 1.97. The number of carbonyl (C=O) groups is 1. The maximum atomic E-state index is 11.5. The van der Waals surface area contributed by atoms with E-state index in [-0.39, 0.29) is 5.41 Å². The van der Waals surface area contributed by atoms with Crippen molar-refractivity contribution in [1.82, 2.24) is 4.98 Å². The molecule has 1 unspecified atom stereocenters. The first-order valence-corrected chi connectivity index (χ1v) is 7.96. The molecule has 1 N–H and O–H groups in total. The van der Waals surface area contributed by atoms with Crippen LogP contribution in [0.15, 0.2) is 29.6 Å². The van der Waals surface area contributed by atoms with E-state index in [0.29, 0.717) is 11.4 Å². The molecule has 0 aliphatic rings. The third kappa shape index (κ3) is 4.05. The van der Waals surface area contributed by atoms with Crippen LogP contribution in [0.25, 0.3) is 0 Å². The smallest absolute Gasteiger partial charge is 0.311 e. The largest absolute Gasteiger partial charge is 0.481 e. The third-order valence-corrected chi connectivity index (χ3v) is 4.39. The van der Waals surface area contributed by atoms with E-state index >= 15 is 0 Å². The highest BCUT2D eigenvalue weighted by Crippen LogP contribution is 2.28. The monoisotopic (exact) mass is 323 g/mol. The minimum Gasteiger partial charge on any atom is -0.481 e. The van der Waals surface area contributed by atoms with Gasteiger partial charge in [0.25, 0.3) is 0 Å². The van der Waals surface area contributed by atoms with Crippen LogP contribution in [-0.2, 0) is 16.6 Å². The molecule has 1 atom stereocenters. The van der Waals surface area contributed by atoms with Gasteiger partial charge in [0.1, 0.15) is 0 Å². The molecule has 0 spiro atoms. The number of hydrogen-bond donors (Lipinski definition) is 1. The Hall–Kier alpha value is -1.39. The number of rotatable bonds is 4. The number of thiazole rings is 1. The van der Waals surface area contributed by atoms with Crippen molar-refractivity contribution in [2.45, 2.75) is 38.5 Å². The first kappa shape index (κ1) is 16.0. The van der Waals surface area contributed by atoms with E-state index in [9.17, 15) is 9.90 Å². The second kappa shape index (κ2) is 6.16. The zero-order valence-corrected chi connectivity index (χ0v) is 13.8. The highest BCUT2D eigenvalue weighted by molar-refractivity contribution is 7.09. The zero-order valence-electron chi connectivity index (χ0n) is 12.3. The fourth-order valence-corrected chi connectivity index (χ4v) is 3.16. The second-order valence-electron chi connectivity index (χ2n) is 6.02. The molecule has 3 nitrogen and oxygen atoms in total. The maximum Gasteiger partial charge on any atom is 0.311 e. The van der Waals surface area contributed by atoms with Crippen molar-refractivity contribution in [3.8, 4) is 0 Å². The number of aromatic nitrogens is 1. The standard InChI is InChI=1S/C16H18ClNO2S/c1-16(2,3)13-9-21-14(18-13)8-12(15(19)20)10-4-6-11(17)7-5-10/h4-7,9,12H,8H2,1-3H3,(H,19,20). The number of carboxylic acids is 1. The number of hydrogen-bond acceptors (Lipinski definition) is 3. The van der Waals surface area contributed by atoms with Crippen molar-refractivity contribution in [1.29, 1.82) is 0 Å². The van der Waals surface area contributed by atoms with Crippen molar-refractivity contribution < 1.29 is 9.90 Å². The van der Waals surface area contributed by atoms with Gasteiger partial charge >= 0.3 is 5.97 Å². The van der Waals surface area contributed by atoms with Gasteiger partial charge in [0.15, 0.2) is 0 Å². The topological polar surface area (TPSA) is 50.2 Å². The average molecular weight is 324 g/mol. The molecule has 2 rings (SSSR count). The number of benzene rings is 1. The van der Waals surface area contributed by atoms with Crippen LogP contribution in [0.4, 0.5) is 0 Å². The van der Waals surface area contributed by atoms with Crippen molar-refractivity contribution in [3.63, 3.8) is 0 Å². The van der Waals surface area contributed by atoms with Crippen LogP contribution in [0, 0.1) is 0 Å².